The molecular weight excluding hydrogens is 200 g/mol. The second-order valence-electron chi connectivity index (χ2n) is 5.71. The van der Waals surface area contributed by atoms with Crippen molar-refractivity contribution in [3.8, 4) is 0 Å². The summed E-state index contributed by atoms with van der Waals surface area (Å²) < 4.78 is 5.63. The lowest BCUT2D eigenvalue weighted by atomic mass is 9.82. The number of ether oxygens (including phenoxy) is 1. The van der Waals surface area contributed by atoms with Crippen molar-refractivity contribution in [2.45, 2.75) is 44.6 Å². The van der Waals surface area contributed by atoms with Crippen molar-refractivity contribution in [1.29, 1.82) is 0 Å². The zero-order chi connectivity index (χ0) is 11.4. The zero-order valence-electron chi connectivity index (χ0n) is 10.6. The number of nitrogens with zero attached hydrogens (tertiary/aromatic N) is 1. The standard InChI is InChI=1S/C13H26N2O/c1-15(12-5-2-3-6-12)10-13(9-14)7-4-8-16-11-13/h12H,2-11,14H2,1H3. The van der Waals surface area contributed by atoms with Crippen molar-refractivity contribution in [1.82, 2.24) is 4.90 Å². The zero-order valence-corrected chi connectivity index (χ0v) is 10.6. The molecule has 1 unspecified atom stereocenters. The fourth-order valence-electron chi connectivity index (χ4n) is 3.26. The van der Waals surface area contributed by atoms with Crippen molar-refractivity contribution >= 4 is 0 Å². The summed E-state index contributed by atoms with van der Waals surface area (Å²) in [5, 5.41) is 0. The molecule has 1 saturated heterocycles. The maximum atomic E-state index is 5.98. The van der Waals surface area contributed by atoms with Gasteiger partial charge in [-0.25, -0.2) is 0 Å². The summed E-state index contributed by atoms with van der Waals surface area (Å²) in [4.78, 5) is 2.54. The molecule has 1 heterocycles. The number of hydrogen-bond acceptors (Lipinski definition) is 3. The predicted octanol–water partition coefficient (Wildman–Crippen LogP) is 1.62. The van der Waals surface area contributed by atoms with Gasteiger partial charge in [0, 0.05) is 31.2 Å². The van der Waals surface area contributed by atoms with Crippen LogP contribution in [-0.4, -0.2) is 44.3 Å². The van der Waals surface area contributed by atoms with Crippen LogP contribution >= 0.6 is 0 Å². The van der Waals surface area contributed by atoms with E-state index in [2.05, 4.69) is 11.9 Å². The van der Waals surface area contributed by atoms with Crippen molar-refractivity contribution in [3.63, 3.8) is 0 Å². The van der Waals surface area contributed by atoms with Crippen LogP contribution < -0.4 is 5.73 Å². The van der Waals surface area contributed by atoms with Crippen molar-refractivity contribution in [2.75, 3.05) is 33.4 Å². The molecule has 2 rings (SSSR count). The smallest absolute Gasteiger partial charge is 0.0546 e. The first-order chi connectivity index (χ1) is 7.76. The average molecular weight is 226 g/mol. The van der Waals surface area contributed by atoms with Crippen LogP contribution in [0, 0.1) is 5.41 Å². The molecule has 1 saturated carbocycles. The Hall–Kier alpha value is -0.120. The monoisotopic (exact) mass is 226 g/mol. The van der Waals surface area contributed by atoms with E-state index in [1.807, 2.05) is 0 Å². The Bertz CT molecular complexity index is 208. The van der Waals surface area contributed by atoms with Gasteiger partial charge >= 0.3 is 0 Å². The van der Waals surface area contributed by atoms with E-state index in [1.165, 1.54) is 38.5 Å². The molecule has 2 N–H and O–H groups in total. The highest BCUT2D eigenvalue weighted by Gasteiger charge is 2.34. The Morgan fingerprint density at radius 2 is 2.06 bits per heavy atom. The Morgan fingerprint density at radius 1 is 1.31 bits per heavy atom. The van der Waals surface area contributed by atoms with Crippen LogP contribution in [0.5, 0.6) is 0 Å². The molecule has 0 radical (unpaired) electrons. The van der Waals surface area contributed by atoms with E-state index in [0.717, 1.165) is 32.3 Å². The maximum Gasteiger partial charge on any atom is 0.0546 e. The lowest BCUT2D eigenvalue weighted by Crippen LogP contribution is -2.48. The van der Waals surface area contributed by atoms with Crippen LogP contribution in [-0.2, 0) is 4.74 Å². The number of nitrogens with two attached hydrogens (primary N) is 1. The van der Waals surface area contributed by atoms with E-state index in [1.54, 1.807) is 0 Å². The van der Waals surface area contributed by atoms with Crippen LogP contribution in [0.4, 0.5) is 0 Å². The van der Waals surface area contributed by atoms with E-state index < -0.39 is 0 Å². The largest absolute Gasteiger partial charge is 0.381 e. The molecular formula is C13H26N2O. The summed E-state index contributed by atoms with van der Waals surface area (Å²) in [7, 11) is 2.27. The van der Waals surface area contributed by atoms with E-state index in [9.17, 15) is 0 Å². The summed E-state index contributed by atoms with van der Waals surface area (Å²) in [5.74, 6) is 0. The molecule has 0 spiro atoms. The molecule has 1 atom stereocenters. The van der Waals surface area contributed by atoms with Gasteiger partial charge in [0.05, 0.1) is 6.61 Å². The summed E-state index contributed by atoms with van der Waals surface area (Å²) in [6.45, 7) is 3.67. The van der Waals surface area contributed by atoms with Gasteiger partial charge in [-0.3, -0.25) is 0 Å². The minimum atomic E-state index is 0.232. The minimum Gasteiger partial charge on any atom is -0.381 e. The summed E-state index contributed by atoms with van der Waals surface area (Å²) in [6.07, 6.45) is 7.97. The normalized spacial score (nSPS) is 32.4. The highest BCUT2D eigenvalue weighted by Crippen LogP contribution is 2.31. The SMILES string of the molecule is CN(CC1(CN)CCCOC1)C1CCCC1. The first kappa shape index (κ1) is 12.3. The van der Waals surface area contributed by atoms with Gasteiger partial charge < -0.3 is 15.4 Å². The molecule has 3 nitrogen and oxygen atoms in total. The van der Waals surface area contributed by atoms with Gasteiger partial charge in [-0.1, -0.05) is 12.8 Å². The molecule has 94 valence electrons. The van der Waals surface area contributed by atoms with E-state index >= 15 is 0 Å². The fraction of sp³-hybridized carbons (Fsp3) is 1.00. The van der Waals surface area contributed by atoms with Crippen LogP contribution in [0.2, 0.25) is 0 Å². The fourth-order valence-corrected chi connectivity index (χ4v) is 3.26. The molecule has 16 heavy (non-hydrogen) atoms. The van der Waals surface area contributed by atoms with Crippen molar-refractivity contribution in [2.24, 2.45) is 11.1 Å². The first-order valence-electron chi connectivity index (χ1n) is 6.74. The van der Waals surface area contributed by atoms with Crippen LogP contribution in [0.3, 0.4) is 0 Å². The van der Waals surface area contributed by atoms with Gasteiger partial charge in [-0.15, -0.1) is 0 Å². The second-order valence-corrected chi connectivity index (χ2v) is 5.71. The topological polar surface area (TPSA) is 38.5 Å². The predicted molar refractivity (Wildman–Crippen MR) is 66.4 cm³/mol. The van der Waals surface area contributed by atoms with E-state index in [0.29, 0.717) is 0 Å². The molecule has 0 bridgehead atoms. The lowest BCUT2D eigenvalue weighted by molar-refractivity contribution is -0.0235. The first-order valence-corrected chi connectivity index (χ1v) is 6.74. The van der Waals surface area contributed by atoms with E-state index in [4.69, 9.17) is 10.5 Å². The third-order valence-electron chi connectivity index (χ3n) is 4.37. The number of rotatable bonds is 4. The molecule has 1 aliphatic heterocycles. The van der Waals surface area contributed by atoms with Crippen molar-refractivity contribution < 1.29 is 4.74 Å². The summed E-state index contributed by atoms with van der Waals surface area (Å²) in [5.41, 5.74) is 6.21. The van der Waals surface area contributed by atoms with Gasteiger partial charge in [0.25, 0.3) is 0 Å². The van der Waals surface area contributed by atoms with Crippen LogP contribution in [0.1, 0.15) is 38.5 Å². The van der Waals surface area contributed by atoms with E-state index in [-0.39, 0.29) is 5.41 Å². The highest BCUT2D eigenvalue weighted by molar-refractivity contribution is 4.88. The van der Waals surface area contributed by atoms with Crippen LogP contribution in [0.15, 0.2) is 0 Å². The Kier molecular flexibility index (Phi) is 4.22. The third-order valence-corrected chi connectivity index (χ3v) is 4.37. The summed E-state index contributed by atoms with van der Waals surface area (Å²) in [6, 6.07) is 0.797. The van der Waals surface area contributed by atoms with Gasteiger partial charge in [0.15, 0.2) is 0 Å². The molecule has 0 aromatic carbocycles. The Labute approximate surface area is 99.3 Å². The van der Waals surface area contributed by atoms with Crippen molar-refractivity contribution in [3.05, 3.63) is 0 Å². The molecule has 2 aliphatic rings. The highest BCUT2D eigenvalue weighted by atomic mass is 16.5. The molecule has 3 heteroatoms. The molecule has 0 aromatic heterocycles. The van der Waals surface area contributed by atoms with Gasteiger partial charge in [-0.2, -0.15) is 0 Å². The third kappa shape index (κ3) is 2.76. The molecule has 2 fully saturated rings. The molecule has 0 aromatic rings. The Morgan fingerprint density at radius 3 is 2.62 bits per heavy atom. The molecule has 1 aliphatic carbocycles. The second kappa shape index (κ2) is 5.48. The summed E-state index contributed by atoms with van der Waals surface area (Å²) >= 11 is 0. The minimum absolute atomic E-state index is 0.232. The van der Waals surface area contributed by atoms with Gasteiger partial charge in [0.1, 0.15) is 0 Å². The lowest BCUT2D eigenvalue weighted by Gasteiger charge is -2.40. The maximum absolute atomic E-state index is 5.98. The Balaban J connectivity index is 1.89. The van der Waals surface area contributed by atoms with Gasteiger partial charge in [-0.05, 0) is 32.7 Å². The van der Waals surface area contributed by atoms with Crippen LogP contribution in [0.25, 0.3) is 0 Å². The van der Waals surface area contributed by atoms with Gasteiger partial charge in [0.2, 0.25) is 0 Å². The number of hydrogen-bond donors (Lipinski definition) is 1. The average Bonchev–Trinajstić information content (AvgIpc) is 2.84. The quantitative estimate of drug-likeness (QED) is 0.791. The molecule has 0 amide bonds.